The van der Waals surface area contributed by atoms with Crippen LogP contribution in [0.2, 0.25) is 0 Å². The summed E-state index contributed by atoms with van der Waals surface area (Å²) in [5, 5.41) is 0.951. The molecule has 17 heavy (non-hydrogen) atoms. The average Bonchev–Trinajstić information content (AvgIpc) is 2.34. The van der Waals surface area contributed by atoms with Crippen LogP contribution in [0.25, 0.3) is 0 Å². The lowest BCUT2D eigenvalue weighted by Crippen LogP contribution is -1.79. The van der Waals surface area contributed by atoms with E-state index in [1.807, 2.05) is 6.07 Å². The topological polar surface area (TPSA) is 0 Å². The molecule has 0 fully saturated rings. The van der Waals surface area contributed by atoms with Crippen LogP contribution in [0.15, 0.2) is 48.5 Å². The molecule has 0 spiro atoms. The Balaban J connectivity index is 0.000000171. The summed E-state index contributed by atoms with van der Waals surface area (Å²) < 4.78 is 2.66. The van der Waals surface area contributed by atoms with Crippen molar-refractivity contribution >= 4 is 61.1 Å². The van der Waals surface area contributed by atoms with Gasteiger partial charge in [-0.2, -0.15) is 0 Å². The van der Waals surface area contributed by atoms with Gasteiger partial charge in [-0.25, -0.2) is 0 Å². The van der Waals surface area contributed by atoms with Crippen LogP contribution in [0, 0.1) is 14.1 Å². The van der Waals surface area contributed by atoms with Crippen LogP contribution in [-0.2, 0) is 5.33 Å². The van der Waals surface area contributed by atoms with Crippen molar-refractivity contribution in [3.63, 3.8) is 0 Å². The number of alkyl halides is 1. The molecule has 0 amide bonds. The molecule has 0 aliphatic rings. The summed E-state index contributed by atoms with van der Waals surface area (Å²) in [5.74, 6) is 0. The molecule has 0 saturated carbocycles. The molecule has 0 heterocycles. The molecular formula is C14H13BrI2. The fraction of sp³-hybridized carbons (Fsp3) is 0.143. The highest BCUT2D eigenvalue weighted by Gasteiger charge is 1.92. The van der Waals surface area contributed by atoms with E-state index in [9.17, 15) is 0 Å². The Hall–Kier alpha value is 0.380. The molecule has 0 unspecified atom stereocenters. The SMILES string of the molecule is BrCc1ccccc1I.Cc1ccccc1I. The predicted octanol–water partition coefficient (Wildman–Crippen LogP) is 5.79. The maximum atomic E-state index is 3.40. The summed E-state index contributed by atoms with van der Waals surface area (Å²) in [6, 6.07) is 16.7. The van der Waals surface area contributed by atoms with Crippen LogP contribution in [0.4, 0.5) is 0 Å². The molecule has 0 atom stereocenters. The molecule has 0 bridgehead atoms. The summed E-state index contributed by atoms with van der Waals surface area (Å²) in [6.07, 6.45) is 0. The zero-order chi connectivity index (χ0) is 12.7. The van der Waals surface area contributed by atoms with Gasteiger partial charge in [0.25, 0.3) is 0 Å². The molecule has 2 rings (SSSR count). The standard InChI is InChI=1S/C7H6BrI.C7H7I/c8-5-6-3-1-2-4-7(6)9;1-6-4-2-3-5-7(6)8/h1-4H,5H2;2-5H,1H3. The Kier molecular flexibility index (Phi) is 7.70. The average molecular weight is 515 g/mol. The molecule has 0 nitrogen and oxygen atoms in total. The van der Waals surface area contributed by atoms with Crippen molar-refractivity contribution in [3.8, 4) is 0 Å². The number of aryl methyl sites for hydroxylation is 1. The number of halogens is 3. The van der Waals surface area contributed by atoms with Crippen LogP contribution in [0.1, 0.15) is 11.1 Å². The second-order valence-electron chi connectivity index (χ2n) is 3.47. The van der Waals surface area contributed by atoms with E-state index in [1.165, 1.54) is 18.3 Å². The normalized spacial score (nSPS) is 9.41. The largest absolute Gasteiger partial charge is 0.0876 e. The van der Waals surface area contributed by atoms with Gasteiger partial charge in [0.15, 0.2) is 0 Å². The van der Waals surface area contributed by atoms with Crippen molar-refractivity contribution in [2.45, 2.75) is 12.3 Å². The summed E-state index contributed by atoms with van der Waals surface area (Å²) in [7, 11) is 0. The molecule has 0 aromatic heterocycles. The lowest BCUT2D eigenvalue weighted by molar-refractivity contribution is 1.40. The van der Waals surface area contributed by atoms with Gasteiger partial charge in [-0.15, -0.1) is 0 Å². The Morgan fingerprint density at radius 2 is 1.41 bits per heavy atom. The number of hydrogen-bond acceptors (Lipinski definition) is 0. The maximum Gasteiger partial charge on any atom is 0.0293 e. The number of hydrogen-bond donors (Lipinski definition) is 0. The van der Waals surface area contributed by atoms with Gasteiger partial charge in [0.2, 0.25) is 0 Å². The zero-order valence-electron chi connectivity index (χ0n) is 9.46. The lowest BCUT2D eigenvalue weighted by atomic mass is 10.2. The molecule has 0 radical (unpaired) electrons. The van der Waals surface area contributed by atoms with Crippen molar-refractivity contribution in [1.82, 2.24) is 0 Å². The van der Waals surface area contributed by atoms with E-state index >= 15 is 0 Å². The quantitative estimate of drug-likeness (QED) is 0.334. The van der Waals surface area contributed by atoms with Gasteiger partial charge in [-0.1, -0.05) is 52.3 Å². The van der Waals surface area contributed by atoms with Crippen LogP contribution >= 0.6 is 61.1 Å². The minimum absolute atomic E-state index is 0.951. The molecule has 90 valence electrons. The second kappa shape index (κ2) is 8.48. The first-order valence-electron chi connectivity index (χ1n) is 5.15. The van der Waals surface area contributed by atoms with Crippen LogP contribution in [0.5, 0.6) is 0 Å². The molecule has 2 aromatic carbocycles. The van der Waals surface area contributed by atoms with E-state index < -0.39 is 0 Å². The van der Waals surface area contributed by atoms with E-state index in [0.717, 1.165) is 5.33 Å². The highest BCUT2D eigenvalue weighted by Crippen LogP contribution is 2.13. The molecule has 0 aliphatic heterocycles. The van der Waals surface area contributed by atoms with Gasteiger partial charge < -0.3 is 0 Å². The van der Waals surface area contributed by atoms with E-state index in [2.05, 4.69) is 110 Å². The summed E-state index contributed by atoms with van der Waals surface area (Å²) >= 11 is 8.06. The van der Waals surface area contributed by atoms with Gasteiger partial charge in [0, 0.05) is 12.5 Å². The van der Waals surface area contributed by atoms with Gasteiger partial charge >= 0.3 is 0 Å². The first-order valence-corrected chi connectivity index (χ1v) is 8.43. The Morgan fingerprint density at radius 1 is 0.882 bits per heavy atom. The summed E-state index contributed by atoms with van der Waals surface area (Å²) in [4.78, 5) is 0. The summed E-state index contributed by atoms with van der Waals surface area (Å²) in [5.41, 5.74) is 2.71. The van der Waals surface area contributed by atoms with Gasteiger partial charge in [-0.05, 0) is 75.4 Å². The molecule has 2 aromatic rings. The van der Waals surface area contributed by atoms with Crippen LogP contribution in [0.3, 0.4) is 0 Å². The first-order chi connectivity index (χ1) is 8.15. The van der Waals surface area contributed by atoms with Crippen molar-refractivity contribution in [1.29, 1.82) is 0 Å². The summed E-state index contributed by atoms with van der Waals surface area (Å²) in [6.45, 7) is 2.11. The van der Waals surface area contributed by atoms with Crippen molar-refractivity contribution in [3.05, 3.63) is 66.8 Å². The molecule has 0 N–H and O–H groups in total. The minimum atomic E-state index is 0.951. The fourth-order valence-electron chi connectivity index (χ4n) is 1.16. The monoisotopic (exact) mass is 514 g/mol. The molecule has 0 saturated heterocycles. The highest BCUT2D eigenvalue weighted by atomic mass is 127. The zero-order valence-corrected chi connectivity index (χ0v) is 15.4. The third-order valence-electron chi connectivity index (χ3n) is 2.18. The van der Waals surface area contributed by atoms with Gasteiger partial charge in [0.1, 0.15) is 0 Å². The molecule has 3 heteroatoms. The minimum Gasteiger partial charge on any atom is -0.0876 e. The van der Waals surface area contributed by atoms with Crippen LogP contribution in [-0.4, -0.2) is 0 Å². The van der Waals surface area contributed by atoms with Gasteiger partial charge in [-0.3, -0.25) is 0 Å². The van der Waals surface area contributed by atoms with E-state index in [1.54, 1.807) is 0 Å². The fourth-order valence-corrected chi connectivity index (χ4v) is 3.14. The number of benzene rings is 2. The third kappa shape index (κ3) is 5.70. The third-order valence-corrected chi connectivity index (χ3v) is 5.05. The van der Waals surface area contributed by atoms with E-state index in [0.29, 0.717) is 0 Å². The van der Waals surface area contributed by atoms with Crippen molar-refractivity contribution in [2.24, 2.45) is 0 Å². The Labute approximate surface area is 139 Å². The van der Waals surface area contributed by atoms with E-state index in [-0.39, 0.29) is 0 Å². The lowest BCUT2D eigenvalue weighted by Gasteiger charge is -1.95. The molecular weight excluding hydrogens is 502 g/mol. The Bertz CT molecular complexity index is 448. The Morgan fingerprint density at radius 3 is 1.76 bits per heavy atom. The van der Waals surface area contributed by atoms with Crippen molar-refractivity contribution in [2.75, 3.05) is 0 Å². The van der Waals surface area contributed by atoms with Crippen molar-refractivity contribution < 1.29 is 0 Å². The van der Waals surface area contributed by atoms with Crippen LogP contribution < -0.4 is 0 Å². The smallest absolute Gasteiger partial charge is 0.0293 e. The first kappa shape index (κ1) is 15.4. The van der Waals surface area contributed by atoms with Gasteiger partial charge in [0.05, 0.1) is 0 Å². The predicted molar refractivity (Wildman–Crippen MR) is 95.7 cm³/mol. The second-order valence-corrected chi connectivity index (χ2v) is 6.36. The highest BCUT2D eigenvalue weighted by molar-refractivity contribution is 14.1. The number of rotatable bonds is 1. The maximum absolute atomic E-state index is 3.40. The van der Waals surface area contributed by atoms with E-state index in [4.69, 9.17) is 0 Å². The molecule has 0 aliphatic carbocycles.